The first-order chi connectivity index (χ1) is 13.3. The summed E-state index contributed by atoms with van der Waals surface area (Å²) in [5, 5.41) is 12.8. The third-order valence-electron chi connectivity index (χ3n) is 6.91. The van der Waals surface area contributed by atoms with Gasteiger partial charge in [0.1, 0.15) is 0 Å². The van der Waals surface area contributed by atoms with Gasteiger partial charge in [-0.15, -0.1) is 0 Å². The quantitative estimate of drug-likeness (QED) is 0.695. The maximum atomic E-state index is 13.2. The monoisotopic (exact) mass is 387 g/mol. The zero-order valence-electron chi connectivity index (χ0n) is 15.0. The molecule has 3 nitrogen and oxygen atoms in total. The van der Waals surface area contributed by atoms with Gasteiger partial charge >= 0.3 is 12.1 Å². The molecule has 0 unspecified atom stereocenters. The second kappa shape index (κ2) is 6.00. The smallest absolute Gasteiger partial charge is 0.416 e. The van der Waals surface area contributed by atoms with Gasteiger partial charge in [-0.05, 0) is 84.4 Å². The first-order valence-corrected chi connectivity index (χ1v) is 9.64. The van der Waals surface area contributed by atoms with Crippen LogP contribution >= 0.6 is 0 Å². The number of fused-ring (bicyclic) bond motifs is 7. The third-order valence-corrected chi connectivity index (χ3v) is 6.91. The number of carbonyl (C=O) groups is 1. The van der Waals surface area contributed by atoms with Crippen LogP contribution in [0, 0.1) is 17.8 Å². The largest absolute Gasteiger partial charge is 0.478 e. The number of anilines is 1. The van der Waals surface area contributed by atoms with Gasteiger partial charge in [0.25, 0.3) is 0 Å². The van der Waals surface area contributed by atoms with Gasteiger partial charge in [-0.1, -0.05) is 12.1 Å². The van der Waals surface area contributed by atoms with Crippen LogP contribution in [0.15, 0.2) is 42.5 Å². The highest BCUT2D eigenvalue weighted by atomic mass is 19.4. The summed E-state index contributed by atoms with van der Waals surface area (Å²) in [5.74, 6) is 0.381. The fraction of sp³-hybridized carbons (Fsp3) is 0.409. The molecule has 2 saturated carbocycles. The number of hydrogen-bond donors (Lipinski definition) is 2. The molecule has 5 atom stereocenters. The van der Waals surface area contributed by atoms with E-state index in [2.05, 4.69) is 5.32 Å². The molecule has 0 spiro atoms. The first kappa shape index (κ1) is 17.6. The molecule has 3 aliphatic rings. The molecular weight excluding hydrogens is 367 g/mol. The van der Waals surface area contributed by atoms with Crippen molar-refractivity contribution < 1.29 is 23.1 Å². The zero-order valence-corrected chi connectivity index (χ0v) is 15.0. The Hall–Kier alpha value is -2.50. The fourth-order valence-electron chi connectivity index (χ4n) is 5.86. The molecule has 0 amide bonds. The molecule has 6 heteroatoms. The van der Waals surface area contributed by atoms with E-state index in [9.17, 15) is 23.1 Å². The van der Waals surface area contributed by atoms with Crippen molar-refractivity contribution in [2.75, 3.05) is 5.32 Å². The highest BCUT2D eigenvalue weighted by Crippen LogP contribution is 2.63. The number of nitrogens with one attached hydrogen (secondary N) is 1. The van der Waals surface area contributed by atoms with E-state index in [-0.39, 0.29) is 23.4 Å². The van der Waals surface area contributed by atoms with Crippen LogP contribution in [0.4, 0.5) is 18.9 Å². The second-order valence-electron chi connectivity index (χ2n) is 8.29. The van der Waals surface area contributed by atoms with Crippen molar-refractivity contribution in [1.29, 1.82) is 0 Å². The molecule has 2 aliphatic carbocycles. The van der Waals surface area contributed by atoms with Crippen LogP contribution in [0.1, 0.15) is 58.3 Å². The van der Waals surface area contributed by atoms with E-state index < -0.39 is 17.7 Å². The van der Waals surface area contributed by atoms with Gasteiger partial charge in [0.05, 0.1) is 17.2 Å². The van der Waals surface area contributed by atoms with E-state index in [1.165, 1.54) is 12.1 Å². The lowest BCUT2D eigenvalue weighted by Crippen LogP contribution is -2.35. The lowest BCUT2D eigenvalue weighted by atomic mass is 9.68. The third kappa shape index (κ3) is 2.61. The van der Waals surface area contributed by atoms with Crippen molar-refractivity contribution in [3.63, 3.8) is 0 Å². The standard InChI is InChI=1S/C22H20F3NO2/c23-22(24,25)15-3-1-2-13(9-15)20-19-12-5-4-11(8-12)18(19)16-10-14(21(27)28)6-7-17(16)26-20/h1-3,6-7,9-12,18-20,26H,4-5,8H2,(H,27,28)/t11-,12+,18+,19-,20-/m0/s1. The van der Waals surface area contributed by atoms with Crippen molar-refractivity contribution in [1.82, 2.24) is 0 Å². The number of aromatic carboxylic acids is 1. The Morgan fingerprint density at radius 2 is 1.86 bits per heavy atom. The second-order valence-corrected chi connectivity index (χ2v) is 8.29. The van der Waals surface area contributed by atoms with E-state index in [0.29, 0.717) is 17.4 Å². The van der Waals surface area contributed by atoms with Crippen molar-refractivity contribution in [3.8, 4) is 0 Å². The van der Waals surface area contributed by atoms with Crippen LogP contribution in [0.5, 0.6) is 0 Å². The number of benzene rings is 2. The zero-order chi connectivity index (χ0) is 19.6. The van der Waals surface area contributed by atoms with Gasteiger partial charge in [-0.25, -0.2) is 4.79 Å². The van der Waals surface area contributed by atoms with E-state index in [1.54, 1.807) is 24.3 Å². The molecule has 0 saturated heterocycles. The summed E-state index contributed by atoms with van der Waals surface area (Å²) in [6.07, 6.45) is -1.09. The van der Waals surface area contributed by atoms with Gasteiger partial charge in [0.2, 0.25) is 0 Å². The molecule has 2 fully saturated rings. The normalized spacial score (nSPS) is 30.5. The SMILES string of the molecule is O=C(O)c1ccc2c(c1)[C@H]1[C@H]3CC[C@H](C3)[C@@H]1[C@H](c1cccc(C(F)(F)F)c1)N2. The van der Waals surface area contributed by atoms with Crippen LogP contribution in [-0.4, -0.2) is 11.1 Å². The number of carboxylic acid groups (broad SMARTS) is 1. The summed E-state index contributed by atoms with van der Waals surface area (Å²) in [7, 11) is 0. The summed E-state index contributed by atoms with van der Waals surface area (Å²) in [4.78, 5) is 11.4. The number of rotatable bonds is 2. The Morgan fingerprint density at radius 1 is 1.07 bits per heavy atom. The Bertz CT molecular complexity index is 955. The Kier molecular flexibility index (Phi) is 3.77. The highest BCUT2D eigenvalue weighted by Gasteiger charge is 2.54. The molecule has 0 aromatic heterocycles. The van der Waals surface area contributed by atoms with Crippen molar-refractivity contribution in [2.45, 2.75) is 37.4 Å². The molecule has 28 heavy (non-hydrogen) atoms. The summed E-state index contributed by atoms with van der Waals surface area (Å²) >= 11 is 0. The van der Waals surface area contributed by atoms with E-state index in [1.807, 2.05) is 0 Å². The van der Waals surface area contributed by atoms with Gasteiger partial charge in [-0.2, -0.15) is 13.2 Å². The average Bonchev–Trinajstić information content (AvgIpc) is 3.29. The molecule has 2 N–H and O–H groups in total. The van der Waals surface area contributed by atoms with Gasteiger partial charge in [-0.3, -0.25) is 0 Å². The molecule has 2 aromatic rings. The predicted octanol–water partition coefficient (Wildman–Crippen LogP) is 5.70. The maximum absolute atomic E-state index is 13.2. The van der Waals surface area contributed by atoms with Crippen LogP contribution < -0.4 is 5.32 Å². The van der Waals surface area contributed by atoms with Gasteiger partial charge in [0, 0.05) is 5.69 Å². The molecule has 2 aromatic carbocycles. The van der Waals surface area contributed by atoms with Crippen LogP contribution in [0.3, 0.4) is 0 Å². The maximum Gasteiger partial charge on any atom is 0.416 e. The van der Waals surface area contributed by atoms with Gasteiger partial charge < -0.3 is 10.4 Å². The number of hydrogen-bond acceptors (Lipinski definition) is 2. The van der Waals surface area contributed by atoms with E-state index in [0.717, 1.165) is 36.6 Å². The number of alkyl halides is 3. The molecule has 1 aliphatic heterocycles. The van der Waals surface area contributed by atoms with Gasteiger partial charge in [0.15, 0.2) is 0 Å². The summed E-state index contributed by atoms with van der Waals surface area (Å²) in [6.45, 7) is 0. The minimum absolute atomic E-state index is 0.189. The minimum atomic E-state index is -4.37. The lowest BCUT2D eigenvalue weighted by molar-refractivity contribution is -0.137. The summed E-state index contributed by atoms with van der Waals surface area (Å²) in [5.41, 5.74) is 2.16. The molecule has 146 valence electrons. The van der Waals surface area contributed by atoms with Crippen LogP contribution in [0.2, 0.25) is 0 Å². The van der Waals surface area contributed by atoms with E-state index >= 15 is 0 Å². The van der Waals surface area contributed by atoms with Crippen molar-refractivity contribution in [2.24, 2.45) is 17.8 Å². The average molecular weight is 387 g/mol. The summed E-state index contributed by atoms with van der Waals surface area (Å²) < 4.78 is 39.7. The number of halogens is 3. The molecule has 1 heterocycles. The Balaban J connectivity index is 1.61. The molecule has 0 radical (unpaired) electrons. The van der Waals surface area contributed by atoms with Crippen LogP contribution in [0.25, 0.3) is 0 Å². The van der Waals surface area contributed by atoms with Crippen molar-refractivity contribution >= 4 is 11.7 Å². The fourth-order valence-corrected chi connectivity index (χ4v) is 5.86. The lowest BCUT2D eigenvalue weighted by Gasteiger charge is -2.43. The minimum Gasteiger partial charge on any atom is -0.478 e. The molecular formula is C22H20F3NO2. The molecule has 5 rings (SSSR count). The van der Waals surface area contributed by atoms with Crippen LogP contribution in [-0.2, 0) is 6.18 Å². The Morgan fingerprint density at radius 3 is 2.61 bits per heavy atom. The topological polar surface area (TPSA) is 49.3 Å². The number of carboxylic acids is 1. The Labute approximate surface area is 160 Å². The van der Waals surface area contributed by atoms with Crippen molar-refractivity contribution in [3.05, 3.63) is 64.7 Å². The summed E-state index contributed by atoms with van der Waals surface area (Å²) in [6, 6.07) is 10.5. The predicted molar refractivity (Wildman–Crippen MR) is 98.3 cm³/mol. The highest BCUT2D eigenvalue weighted by molar-refractivity contribution is 5.88. The van der Waals surface area contributed by atoms with E-state index in [4.69, 9.17) is 0 Å². The molecule has 2 bridgehead atoms. The first-order valence-electron chi connectivity index (χ1n) is 9.64.